The van der Waals surface area contributed by atoms with Crippen molar-refractivity contribution in [2.45, 2.75) is 32.4 Å². The molecule has 0 fully saturated rings. The van der Waals surface area contributed by atoms with Crippen molar-refractivity contribution in [3.63, 3.8) is 0 Å². The molecule has 0 saturated carbocycles. The first-order valence-electron chi connectivity index (χ1n) is 10.8. The van der Waals surface area contributed by atoms with Crippen molar-refractivity contribution >= 4 is 33.3 Å². The highest BCUT2D eigenvalue weighted by atomic mass is 79.9. The van der Waals surface area contributed by atoms with Crippen molar-refractivity contribution in [1.29, 1.82) is 0 Å². The molecule has 1 atom stereocenters. The van der Waals surface area contributed by atoms with Crippen molar-refractivity contribution < 1.29 is 24.2 Å². The van der Waals surface area contributed by atoms with Crippen LogP contribution in [0.1, 0.15) is 39.0 Å². The van der Waals surface area contributed by atoms with E-state index in [9.17, 15) is 14.7 Å². The number of anilines is 1. The average Bonchev–Trinajstić information content (AvgIpc) is 3.02. The molecular weight excluding hydrogens is 498 g/mol. The summed E-state index contributed by atoms with van der Waals surface area (Å²) in [5, 5.41) is 11.7. The van der Waals surface area contributed by atoms with Crippen molar-refractivity contribution in [1.82, 2.24) is 0 Å². The number of carbonyl (C=O) groups excluding carboxylic acids is 2. The molecule has 0 aromatic heterocycles. The van der Waals surface area contributed by atoms with Crippen LogP contribution in [-0.4, -0.2) is 31.0 Å². The number of methoxy groups -OCH3 is 2. The van der Waals surface area contributed by atoms with Gasteiger partial charge >= 0.3 is 0 Å². The normalized spacial score (nSPS) is 17.0. The number of hydrogen-bond donors (Lipinski definition) is 1. The third kappa shape index (κ3) is 4.21. The smallest absolute Gasteiger partial charge is 0.264 e. The van der Waals surface area contributed by atoms with Gasteiger partial charge in [0.15, 0.2) is 22.9 Å². The number of halogens is 1. The number of aliphatic hydroxyl groups is 1. The van der Waals surface area contributed by atoms with E-state index in [2.05, 4.69) is 15.9 Å². The van der Waals surface area contributed by atoms with Crippen LogP contribution in [0.3, 0.4) is 0 Å². The number of carbonyl (C=O) groups is 2. The highest BCUT2D eigenvalue weighted by molar-refractivity contribution is 9.10. The Kier molecular flexibility index (Phi) is 6.51. The highest BCUT2D eigenvalue weighted by Crippen LogP contribution is 2.45. The molecule has 4 rings (SSSR count). The quantitative estimate of drug-likeness (QED) is 0.436. The Balaban J connectivity index is 1.71. The third-order valence-corrected chi connectivity index (χ3v) is 6.74. The van der Waals surface area contributed by atoms with E-state index in [1.165, 1.54) is 14.2 Å². The van der Waals surface area contributed by atoms with Gasteiger partial charge in [-0.05, 0) is 61.4 Å². The van der Waals surface area contributed by atoms with E-state index in [0.29, 0.717) is 39.3 Å². The van der Waals surface area contributed by atoms with Gasteiger partial charge in [-0.1, -0.05) is 39.7 Å². The molecule has 3 aromatic rings. The number of aryl methyl sites for hydroxylation is 2. The Bertz CT molecular complexity index is 1290. The molecule has 0 bridgehead atoms. The van der Waals surface area contributed by atoms with E-state index >= 15 is 0 Å². The zero-order valence-corrected chi connectivity index (χ0v) is 21.1. The van der Waals surface area contributed by atoms with Gasteiger partial charge in [0.25, 0.3) is 5.91 Å². The van der Waals surface area contributed by atoms with E-state index in [1.54, 1.807) is 35.2 Å². The number of hydrogen-bond acceptors (Lipinski definition) is 5. The zero-order valence-electron chi connectivity index (χ0n) is 19.5. The van der Waals surface area contributed by atoms with Crippen LogP contribution in [0.4, 0.5) is 5.69 Å². The summed E-state index contributed by atoms with van der Waals surface area (Å²) in [6, 6.07) is 16.2. The molecule has 176 valence electrons. The van der Waals surface area contributed by atoms with Crippen molar-refractivity contribution in [3.8, 4) is 11.5 Å². The monoisotopic (exact) mass is 523 g/mol. The summed E-state index contributed by atoms with van der Waals surface area (Å²) in [5.74, 6) is -0.00638. The van der Waals surface area contributed by atoms with Gasteiger partial charge in [0, 0.05) is 15.6 Å². The number of ketones is 1. The summed E-state index contributed by atoms with van der Waals surface area (Å²) in [6.45, 7) is 4.29. The van der Waals surface area contributed by atoms with Gasteiger partial charge in [-0.15, -0.1) is 0 Å². The predicted molar refractivity (Wildman–Crippen MR) is 134 cm³/mol. The first-order chi connectivity index (χ1) is 16.2. The van der Waals surface area contributed by atoms with Crippen LogP contribution in [0.25, 0.3) is 0 Å². The molecule has 0 spiro atoms. The lowest BCUT2D eigenvalue weighted by molar-refractivity contribution is -0.136. The number of fused-ring (bicyclic) bond motifs is 1. The molecule has 1 N–H and O–H groups in total. The van der Waals surface area contributed by atoms with Crippen LogP contribution in [0.15, 0.2) is 59.1 Å². The maximum Gasteiger partial charge on any atom is 0.264 e. The molecule has 1 aliphatic heterocycles. The minimum Gasteiger partial charge on any atom is -0.493 e. The molecule has 6 nitrogen and oxygen atoms in total. The van der Waals surface area contributed by atoms with Crippen molar-refractivity contribution in [2.75, 3.05) is 19.1 Å². The number of Topliss-reactive ketones (excluding diaryl/α,β-unsaturated/α-hetero) is 1. The Morgan fingerprint density at radius 1 is 1.00 bits per heavy atom. The molecule has 0 unspecified atom stereocenters. The maximum atomic E-state index is 13.7. The van der Waals surface area contributed by atoms with Gasteiger partial charge in [0.2, 0.25) is 0 Å². The van der Waals surface area contributed by atoms with Crippen molar-refractivity contribution in [2.24, 2.45) is 0 Å². The van der Waals surface area contributed by atoms with E-state index < -0.39 is 17.9 Å². The summed E-state index contributed by atoms with van der Waals surface area (Å²) < 4.78 is 11.2. The van der Waals surface area contributed by atoms with E-state index in [4.69, 9.17) is 9.47 Å². The SMILES string of the molecule is COc1ccc(C(=O)C[C@@]2(O)C(=O)N(Cc3cc(C)ccc3C)c3ccc(Br)cc32)cc1OC. The Morgan fingerprint density at radius 2 is 1.74 bits per heavy atom. The van der Waals surface area contributed by atoms with Gasteiger partial charge in [-0.3, -0.25) is 9.59 Å². The van der Waals surface area contributed by atoms with Crippen LogP contribution in [0, 0.1) is 13.8 Å². The second-order valence-corrected chi connectivity index (χ2v) is 9.43. The highest BCUT2D eigenvalue weighted by Gasteiger charge is 2.51. The van der Waals surface area contributed by atoms with E-state index in [1.807, 2.05) is 38.1 Å². The lowest BCUT2D eigenvalue weighted by Gasteiger charge is -2.23. The average molecular weight is 524 g/mol. The topological polar surface area (TPSA) is 76.1 Å². The minimum absolute atomic E-state index is 0.299. The van der Waals surface area contributed by atoms with Gasteiger partial charge in [0.1, 0.15) is 0 Å². The summed E-state index contributed by atoms with van der Waals surface area (Å²) in [7, 11) is 3.00. The second kappa shape index (κ2) is 9.24. The molecule has 1 amide bonds. The number of amides is 1. The largest absolute Gasteiger partial charge is 0.493 e. The number of ether oxygens (including phenoxy) is 2. The fourth-order valence-corrected chi connectivity index (χ4v) is 4.70. The first-order valence-corrected chi connectivity index (χ1v) is 11.6. The van der Waals surface area contributed by atoms with Crippen LogP contribution in [0.2, 0.25) is 0 Å². The molecule has 1 aliphatic rings. The number of benzene rings is 3. The number of nitrogens with zero attached hydrogens (tertiary/aromatic N) is 1. The maximum absolute atomic E-state index is 13.7. The Labute approximate surface area is 207 Å². The summed E-state index contributed by atoms with van der Waals surface area (Å²) >= 11 is 3.43. The van der Waals surface area contributed by atoms with Gasteiger partial charge in [0.05, 0.1) is 32.9 Å². The third-order valence-electron chi connectivity index (χ3n) is 6.25. The lowest BCUT2D eigenvalue weighted by Crippen LogP contribution is -2.41. The van der Waals surface area contributed by atoms with Crippen LogP contribution < -0.4 is 14.4 Å². The molecule has 0 radical (unpaired) electrons. The molecule has 0 aliphatic carbocycles. The standard InChI is InChI=1S/C27H26BrNO5/c1-16-5-6-17(2)19(11-16)15-29-22-9-8-20(28)13-21(22)27(32,26(29)31)14-23(30)18-7-10-24(33-3)25(12-18)34-4/h5-13,32H,14-15H2,1-4H3/t27-/m0/s1. The van der Waals surface area contributed by atoms with E-state index in [-0.39, 0.29) is 5.78 Å². The second-order valence-electron chi connectivity index (χ2n) is 8.51. The molecule has 7 heteroatoms. The number of rotatable bonds is 7. The lowest BCUT2D eigenvalue weighted by atomic mass is 9.88. The molecule has 0 saturated heterocycles. The fraction of sp³-hybridized carbons (Fsp3) is 0.259. The Morgan fingerprint density at radius 3 is 2.44 bits per heavy atom. The van der Waals surface area contributed by atoms with Gasteiger partial charge in [-0.2, -0.15) is 0 Å². The molecular formula is C27H26BrNO5. The minimum atomic E-state index is -1.99. The Hall–Kier alpha value is -3.16. The van der Waals surface area contributed by atoms with E-state index in [0.717, 1.165) is 16.7 Å². The van der Waals surface area contributed by atoms with Gasteiger partial charge in [-0.25, -0.2) is 0 Å². The first kappa shape index (κ1) is 24.0. The molecule has 3 aromatic carbocycles. The summed E-state index contributed by atoms with van der Waals surface area (Å²) in [5.41, 5.74) is 2.46. The predicted octanol–water partition coefficient (Wildman–Crippen LogP) is 5.09. The van der Waals surface area contributed by atoms with Crippen LogP contribution in [-0.2, 0) is 16.9 Å². The van der Waals surface area contributed by atoms with Crippen LogP contribution >= 0.6 is 15.9 Å². The molecule has 1 heterocycles. The summed E-state index contributed by atoms with van der Waals surface area (Å²) in [4.78, 5) is 28.4. The van der Waals surface area contributed by atoms with Crippen molar-refractivity contribution in [3.05, 3.63) is 86.9 Å². The molecule has 34 heavy (non-hydrogen) atoms. The van der Waals surface area contributed by atoms with Gasteiger partial charge < -0.3 is 19.5 Å². The fourth-order valence-electron chi connectivity index (χ4n) is 4.34. The summed E-state index contributed by atoms with van der Waals surface area (Å²) in [6.07, 6.45) is -0.395. The zero-order chi connectivity index (χ0) is 24.6. The van der Waals surface area contributed by atoms with Crippen LogP contribution in [0.5, 0.6) is 11.5 Å².